The third-order valence-electron chi connectivity index (χ3n) is 4.01. The molecular weight excluding hydrogens is 274 g/mol. The maximum atomic E-state index is 10.4. The highest BCUT2D eigenvalue weighted by Gasteiger charge is 2.17. The van der Waals surface area contributed by atoms with Gasteiger partial charge in [0.2, 0.25) is 0 Å². The molecule has 3 atom stereocenters. The van der Waals surface area contributed by atoms with Gasteiger partial charge >= 0.3 is 0 Å². The number of benzene rings is 2. The number of aliphatic hydroxyl groups is 2. The molecule has 0 radical (unpaired) electrons. The van der Waals surface area contributed by atoms with Gasteiger partial charge in [-0.15, -0.1) is 0 Å². The maximum absolute atomic E-state index is 10.4. The molecule has 0 saturated carbocycles. The first kappa shape index (κ1) is 16.7. The van der Waals surface area contributed by atoms with Crippen LogP contribution in [0.4, 0.5) is 0 Å². The largest absolute Gasteiger partial charge is 0.392 e. The van der Waals surface area contributed by atoms with Gasteiger partial charge < -0.3 is 15.5 Å². The highest BCUT2D eigenvalue weighted by molar-refractivity contribution is 5.25. The second kappa shape index (κ2) is 8.08. The molecule has 2 aromatic rings. The van der Waals surface area contributed by atoms with Crippen LogP contribution < -0.4 is 5.32 Å². The van der Waals surface area contributed by atoms with E-state index >= 15 is 0 Å². The van der Waals surface area contributed by atoms with Gasteiger partial charge in [0.15, 0.2) is 0 Å². The minimum absolute atomic E-state index is 0.0204. The van der Waals surface area contributed by atoms with Gasteiger partial charge in [-0.1, -0.05) is 54.6 Å². The Morgan fingerprint density at radius 1 is 0.955 bits per heavy atom. The molecule has 3 heteroatoms. The molecule has 0 aliphatic carbocycles. The Hall–Kier alpha value is -1.68. The van der Waals surface area contributed by atoms with Crippen LogP contribution in [-0.2, 0) is 13.0 Å². The zero-order chi connectivity index (χ0) is 15.9. The van der Waals surface area contributed by atoms with Gasteiger partial charge in [-0.2, -0.15) is 0 Å². The van der Waals surface area contributed by atoms with E-state index in [0.717, 1.165) is 16.7 Å². The lowest BCUT2D eigenvalue weighted by Gasteiger charge is -2.25. The molecule has 3 unspecified atom stereocenters. The summed E-state index contributed by atoms with van der Waals surface area (Å²) in [5, 5.41) is 23.0. The van der Waals surface area contributed by atoms with Gasteiger partial charge in [0.25, 0.3) is 0 Å². The van der Waals surface area contributed by atoms with Crippen LogP contribution in [0.5, 0.6) is 0 Å². The number of aliphatic hydroxyl groups excluding tert-OH is 2. The van der Waals surface area contributed by atoms with E-state index in [0.29, 0.717) is 6.42 Å². The van der Waals surface area contributed by atoms with Gasteiger partial charge in [-0.05, 0) is 37.0 Å². The second-order valence-corrected chi connectivity index (χ2v) is 5.84. The third kappa shape index (κ3) is 4.67. The first-order chi connectivity index (χ1) is 10.6. The highest BCUT2D eigenvalue weighted by atomic mass is 16.3. The maximum Gasteiger partial charge on any atom is 0.0730 e. The fourth-order valence-electron chi connectivity index (χ4n) is 2.59. The van der Waals surface area contributed by atoms with Crippen molar-refractivity contribution in [3.8, 4) is 0 Å². The van der Waals surface area contributed by atoms with E-state index in [1.165, 1.54) is 0 Å². The summed E-state index contributed by atoms with van der Waals surface area (Å²) in [6.45, 7) is 4.12. The normalized spacial score (nSPS) is 15.3. The minimum atomic E-state index is -0.439. The van der Waals surface area contributed by atoms with Gasteiger partial charge in [0, 0.05) is 12.1 Å². The SMILES string of the molecule is CC(NC(C)C(O)Cc1ccccc1)c1cccc(CO)c1. The molecule has 0 bridgehead atoms. The first-order valence-electron chi connectivity index (χ1n) is 7.78. The Morgan fingerprint density at radius 3 is 2.32 bits per heavy atom. The topological polar surface area (TPSA) is 52.5 Å². The van der Waals surface area contributed by atoms with Crippen molar-refractivity contribution in [3.63, 3.8) is 0 Å². The lowest BCUT2D eigenvalue weighted by molar-refractivity contribution is 0.129. The molecule has 2 rings (SSSR count). The molecule has 118 valence electrons. The average Bonchev–Trinajstić information content (AvgIpc) is 2.55. The van der Waals surface area contributed by atoms with Gasteiger partial charge in [-0.3, -0.25) is 0 Å². The van der Waals surface area contributed by atoms with Crippen LogP contribution in [-0.4, -0.2) is 22.4 Å². The van der Waals surface area contributed by atoms with Crippen molar-refractivity contribution in [1.82, 2.24) is 5.32 Å². The standard InChI is InChI=1S/C19H25NO2/c1-14(18-10-6-9-17(11-18)13-21)20-15(2)19(22)12-16-7-4-3-5-8-16/h3-11,14-15,19-22H,12-13H2,1-2H3. The number of hydrogen-bond donors (Lipinski definition) is 3. The quantitative estimate of drug-likeness (QED) is 0.737. The van der Waals surface area contributed by atoms with Crippen LogP contribution in [0, 0.1) is 0 Å². The zero-order valence-corrected chi connectivity index (χ0v) is 13.2. The molecule has 0 saturated heterocycles. The van der Waals surface area contributed by atoms with Crippen LogP contribution in [0.1, 0.15) is 36.6 Å². The first-order valence-corrected chi connectivity index (χ1v) is 7.78. The van der Waals surface area contributed by atoms with Crippen LogP contribution in [0.25, 0.3) is 0 Å². The average molecular weight is 299 g/mol. The molecule has 3 nitrogen and oxygen atoms in total. The van der Waals surface area contributed by atoms with Gasteiger partial charge in [0.05, 0.1) is 12.7 Å². The van der Waals surface area contributed by atoms with Gasteiger partial charge in [-0.25, -0.2) is 0 Å². The van der Waals surface area contributed by atoms with Crippen LogP contribution >= 0.6 is 0 Å². The Kier molecular flexibility index (Phi) is 6.13. The van der Waals surface area contributed by atoms with Crippen molar-refractivity contribution in [1.29, 1.82) is 0 Å². The van der Waals surface area contributed by atoms with E-state index in [-0.39, 0.29) is 18.7 Å². The van der Waals surface area contributed by atoms with Crippen molar-refractivity contribution in [2.24, 2.45) is 0 Å². The Bertz CT molecular complexity index is 571. The van der Waals surface area contributed by atoms with Crippen LogP contribution in [0.3, 0.4) is 0 Å². The fourth-order valence-corrected chi connectivity index (χ4v) is 2.59. The Morgan fingerprint density at radius 2 is 1.64 bits per heavy atom. The van der Waals surface area contributed by atoms with Crippen LogP contribution in [0.2, 0.25) is 0 Å². The number of nitrogens with one attached hydrogen (secondary N) is 1. The summed E-state index contributed by atoms with van der Waals surface area (Å²) < 4.78 is 0. The highest BCUT2D eigenvalue weighted by Crippen LogP contribution is 2.16. The summed E-state index contributed by atoms with van der Waals surface area (Å²) in [5.74, 6) is 0. The molecule has 0 aliphatic heterocycles. The van der Waals surface area contributed by atoms with Crippen molar-refractivity contribution in [3.05, 3.63) is 71.3 Å². The zero-order valence-electron chi connectivity index (χ0n) is 13.2. The monoisotopic (exact) mass is 299 g/mol. The summed E-state index contributed by atoms with van der Waals surface area (Å²) in [6, 6.07) is 18.0. The van der Waals surface area contributed by atoms with Crippen LogP contribution in [0.15, 0.2) is 54.6 Å². The lowest BCUT2D eigenvalue weighted by atomic mass is 10.0. The summed E-state index contributed by atoms with van der Waals surface area (Å²) in [4.78, 5) is 0. The summed E-state index contributed by atoms with van der Waals surface area (Å²) in [5.41, 5.74) is 3.16. The van der Waals surface area contributed by atoms with E-state index < -0.39 is 6.10 Å². The van der Waals surface area contributed by atoms with Crippen molar-refractivity contribution in [2.75, 3.05) is 0 Å². The smallest absolute Gasteiger partial charge is 0.0730 e. The fraction of sp³-hybridized carbons (Fsp3) is 0.368. The van der Waals surface area contributed by atoms with Crippen molar-refractivity contribution < 1.29 is 10.2 Å². The molecule has 0 spiro atoms. The number of hydrogen-bond acceptors (Lipinski definition) is 3. The molecule has 3 N–H and O–H groups in total. The predicted octanol–water partition coefficient (Wildman–Crippen LogP) is 2.82. The summed E-state index contributed by atoms with van der Waals surface area (Å²) >= 11 is 0. The second-order valence-electron chi connectivity index (χ2n) is 5.84. The van der Waals surface area contributed by atoms with Crippen molar-refractivity contribution >= 4 is 0 Å². The predicted molar refractivity (Wildman–Crippen MR) is 89.5 cm³/mol. The molecule has 0 aliphatic rings. The molecule has 0 aromatic heterocycles. The lowest BCUT2D eigenvalue weighted by Crippen LogP contribution is -2.39. The van der Waals surface area contributed by atoms with E-state index in [1.54, 1.807) is 0 Å². The molecular formula is C19H25NO2. The Labute approximate surface area is 132 Å². The van der Waals surface area contributed by atoms with E-state index in [4.69, 9.17) is 0 Å². The molecule has 0 amide bonds. The molecule has 22 heavy (non-hydrogen) atoms. The van der Waals surface area contributed by atoms with E-state index in [1.807, 2.05) is 61.5 Å². The Balaban J connectivity index is 1.93. The number of rotatable bonds is 7. The molecule has 2 aromatic carbocycles. The summed E-state index contributed by atoms with van der Waals surface area (Å²) in [7, 11) is 0. The third-order valence-corrected chi connectivity index (χ3v) is 4.01. The molecule has 0 heterocycles. The van der Waals surface area contributed by atoms with E-state index in [9.17, 15) is 10.2 Å². The molecule has 0 fully saturated rings. The van der Waals surface area contributed by atoms with E-state index in [2.05, 4.69) is 12.2 Å². The minimum Gasteiger partial charge on any atom is -0.392 e. The van der Waals surface area contributed by atoms with Crippen molar-refractivity contribution in [2.45, 2.75) is 45.1 Å². The van der Waals surface area contributed by atoms with Gasteiger partial charge in [0.1, 0.15) is 0 Å². The summed E-state index contributed by atoms with van der Waals surface area (Å²) in [6.07, 6.45) is 0.198.